The van der Waals surface area contributed by atoms with Gasteiger partial charge in [-0.1, -0.05) is 0 Å². The first-order chi connectivity index (χ1) is 7.84. The molecule has 7 nitrogen and oxygen atoms in total. The predicted molar refractivity (Wildman–Crippen MR) is 59.8 cm³/mol. The SMILES string of the molecule is CC(C(=O)O)S(=O)(=O)NCCNC(=O)C1CC1. The fourth-order valence-electron chi connectivity index (χ4n) is 1.13. The second-order valence-corrected chi connectivity index (χ2v) is 6.07. The molecule has 17 heavy (non-hydrogen) atoms. The smallest absolute Gasteiger partial charge is 0.323 e. The van der Waals surface area contributed by atoms with Gasteiger partial charge < -0.3 is 10.4 Å². The molecule has 0 bridgehead atoms. The molecule has 1 aliphatic carbocycles. The van der Waals surface area contributed by atoms with Gasteiger partial charge in [0.05, 0.1) is 0 Å². The van der Waals surface area contributed by atoms with Crippen molar-refractivity contribution in [1.29, 1.82) is 0 Å². The molecule has 1 fully saturated rings. The lowest BCUT2D eigenvalue weighted by atomic mass is 10.4. The molecule has 98 valence electrons. The van der Waals surface area contributed by atoms with Crippen LogP contribution < -0.4 is 10.0 Å². The molecule has 0 heterocycles. The lowest BCUT2D eigenvalue weighted by molar-refractivity contribution is -0.136. The Morgan fingerprint density at radius 2 is 1.94 bits per heavy atom. The van der Waals surface area contributed by atoms with Gasteiger partial charge in [0.1, 0.15) is 0 Å². The number of amides is 1. The number of sulfonamides is 1. The summed E-state index contributed by atoms with van der Waals surface area (Å²) in [6, 6.07) is 0. The van der Waals surface area contributed by atoms with E-state index in [1.807, 2.05) is 0 Å². The van der Waals surface area contributed by atoms with Crippen molar-refractivity contribution >= 4 is 21.9 Å². The Labute approximate surface area is 99.6 Å². The molecule has 1 unspecified atom stereocenters. The third-order valence-corrected chi connectivity index (χ3v) is 4.23. The Morgan fingerprint density at radius 1 is 1.35 bits per heavy atom. The van der Waals surface area contributed by atoms with E-state index in [2.05, 4.69) is 10.0 Å². The summed E-state index contributed by atoms with van der Waals surface area (Å²) in [4.78, 5) is 21.7. The maximum absolute atomic E-state index is 11.4. The van der Waals surface area contributed by atoms with Gasteiger partial charge in [-0.25, -0.2) is 13.1 Å². The minimum atomic E-state index is -3.86. The van der Waals surface area contributed by atoms with Crippen LogP contribution >= 0.6 is 0 Å². The van der Waals surface area contributed by atoms with Crippen molar-refractivity contribution in [2.75, 3.05) is 13.1 Å². The molecule has 0 aromatic rings. The summed E-state index contributed by atoms with van der Waals surface area (Å²) in [6.07, 6.45) is 1.77. The first-order valence-corrected chi connectivity index (χ1v) is 6.88. The molecule has 0 aliphatic heterocycles. The quantitative estimate of drug-likeness (QED) is 0.505. The van der Waals surface area contributed by atoms with Crippen molar-refractivity contribution < 1.29 is 23.1 Å². The molecule has 0 radical (unpaired) electrons. The van der Waals surface area contributed by atoms with E-state index in [9.17, 15) is 18.0 Å². The summed E-state index contributed by atoms with van der Waals surface area (Å²) < 4.78 is 24.8. The summed E-state index contributed by atoms with van der Waals surface area (Å²) in [5.41, 5.74) is 0. The Bertz CT molecular complexity index is 402. The number of carboxylic acids is 1. The van der Waals surface area contributed by atoms with Crippen LogP contribution in [0.2, 0.25) is 0 Å². The average Bonchev–Trinajstić information content (AvgIpc) is 3.06. The van der Waals surface area contributed by atoms with Crippen LogP contribution in [0.4, 0.5) is 0 Å². The zero-order valence-electron chi connectivity index (χ0n) is 9.47. The van der Waals surface area contributed by atoms with Gasteiger partial charge in [-0.15, -0.1) is 0 Å². The van der Waals surface area contributed by atoms with Crippen LogP contribution in [0.1, 0.15) is 19.8 Å². The predicted octanol–water partition coefficient (Wildman–Crippen LogP) is -1.09. The minimum Gasteiger partial charge on any atom is -0.480 e. The van der Waals surface area contributed by atoms with Crippen LogP contribution in [0.15, 0.2) is 0 Å². The van der Waals surface area contributed by atoms with Gasteiger partial charge in [-0.3, -0.25) is 9.59 Å². The largest absolute Gasteiger partial charge is 0.480 e. The highest BCUT2D eigenvalue weighted by Crippen LogP contribution is 2.28. The van der Waals surface area contributed by atoms with E-state index in [-0.39, 0.29) is 24.9 Å². The van der Waals surface area contributed by atoms with Crippen molar-refractivity contribution in [3.05, 3.63) is 0 Å². The molecule has 3 N–H and O–H groups in total. The Balaban J connectivity index is 2.25. The first kappa shape index (κ1) is 13.9. The van der Waals surface area contributed by atoms with Crippen molar-refractivity contribution in [2.24, 2.45) is 5.92 Å². The Hall–Kier alpha value is -1.15. The topological polar surface area (TPSA) is 113 Å². The maximum Gasteiger partial charge on any atom is 0.323 e. The fourth-order valence-corrected chi connectivity index (χ4v) is 2.03. The van der Waals surface area contributed by atoms with E-state index >= 15 is 0 Å². The highest BCUT2D eigenvalue weighted by atomic mass is 32.2. The van der Waals surface area contributed by atoms with Gasteiger partial charge in [-0.05, 0) is 19.8 Å². The summed E-state index contributed by atoms with van der Waals surface area (Å²) in [5, 5.41) is 9.63. The molecule has 8 heteroatoms. The molecule has 1 aliphatic rings. The summed E-state index contributed by atoms with van der Waals surface area (Å²) >= 11 is 0. The summed E-state index contributed by atoms with van der Waals surface area (Å²) in [7, 11) is -3.86. The average molecular weight is 264 g/mol. The standard InChI is InChI=1S/C9H16N2O5S/c1-6(9(13)14)17(15,16)11-5-4-10-8(12)7-2-3-7/h6-7,11H,2-5H2,1H3,(H,10,12)(H,13,14). The van der Waals surface area contributed by atoms with Gasteiger partial charge in [0.2, 0.25) is 15.9 Å². The van der Waals surface area contributed by atoms with Crippen LogP contribution in [0.3, 0.4) is 0 Å². The van der Waals surface area contributed by atoms with Crippen LogP contribution in [0, 0.1) is 5.92 Å². The van der Waals surface area contributed by atoms with Crippen LogP contribution in [0.5, 0.6) is 0 Å². The number of carbonyl (C=O) groups excluding carboxylic acids is 1. The van der Waals surface area contributed by atoms with E-state index in [1.54, 1.807) is 0 Å². The lowest BCUT2D eigenvalue weighted by Gasteiger charge is -2.10. The molecule has 0 spiro atoms. The third-order valence-electron chi connectivity index (χ3n) is 2.49. The second kappa shape index (κ2) is 5.46. The molecule has 1 amide bonds. The number of carboxylic acid groups (broad SMARTS) is 1. The van der Waals surface area contributed by atoms with Gasteiger partial charge in [0.25, 0.3) is 0 Å². The number of carbonyl (C=O) groups is 2. The van der Waals surface area contributed by atoms with E-state index in [1.165, 1.54) is 0 Å². The van der Waals surface area contributed by atoms with Gasteiger partial charge in [0.15, 0.2) is 5.25 Å². The first-order valence-electron chi connectivity index (χ1n) is 5.33. The summed E-state index contributed by atoms with van der Waals surface area (Å²) in [5.74, 6) is -1.40. The normalized spacial score (nSPS) is 17.5. The van der Waals surface area contributed by atoms with Crippen molar-refractivity contribution in [3.63, 3.8) is 0 Å². The zero-order chi connectivity index (χ0) is 13.1. The molecule has 1 atom stereocenters. The summed E-state index contributed by atoms with van der Waals surface area (Å²) in [6.45, 7) is 1.26. The van der Waals surface area contributed by atoms with Gasteiger partial charge in [0, 0.05) is 19.0 Å². The van der Waals surface area contributed by atoms with Crippen LogP contribution in [-0.2, 0) is 19.6 Å². The molecule has 0 aromatic carbocycles. The van der Waals surface area contributed by atoms with Gasteiger partial charge in [-0.2, -0.15) is 0 Å². The number of hydrogen-bond donors (Lipinski definition) is 3. The second-order valence-electron chi connectivity index (χ2n) is 3.99. The molecular weight excluding hydrogens is 248 g/mol. The molecule has 0 saturated heterocycles. The van der Waals surface area contributed by atoms with Crippen molar-refractivity contribution in [1.82, 2.24) is 10.0 Å². The monoisotopic (exact) mass is 264 g/mol. The Morgan fingerprint density at radius 3 is 2.41 bits per heavy atom. The number of rotatable bonds is 7. The third kappa shape index (κ3) is 4.31. The maximum atomic E-state index is 11.4. The van der Waals surface area contributed by atoms with Crippen LogP contribution in [-0.4, -0.2) is 43.7 Å². The van der Waals surface area contributed by atoms with Crippen molar-refractivity contribution in [2.45, 2.75) is 25.0 Å². The number of nitrogens with one attached hydrogen (secondary N) is 2. The molecule has 1 saturated carbocycles. The highest BCUT2D eigenvalue weighted by molar-refractivity contribution is 7.90. The molecular formula is C9H16N2O5S. The van der Waals surface area contributed by atoms with Crippen LogP contribution in [0.25, 0.3) is 0 Å². The number of aliphatic carboxylic acids is 1. The van der Waals surface area contributed by atoms with E-state index < -0.39 is 21.2 Å². The minimum absolute atomic E-state index is 0.00157. The highest BCUT2D eigenvalue weighted by Gasteiger charge is 2.29. The molecule has 0 aromatic heterocycles. The Kier molecular flexibility index (Phi) is 4.47. The van der Waals surface area contributed by atoms with Gasteiger partial charge >= 0.3 is 5.97 Å². The molecule has 1 rings (SSSR count). The fraction of sp³-hybridized carbons (Fsp3) is 0.778. The van der Waals surface area contributed by atoms with E-state index in [4.69, 9.17) is 5.11 Å². The van der Waals surface area contributed by atoms with E-state index in [0.717, 1.165) is 19.8 Å². The van der Waals surface area contributed by atoms with Crippen molar-refractivity contribution in [3.8, 4) is 0 Å². The van der Waals surface area contributed by atoms with E-state index in [0.29, 0.717) is 0 Å². The number of hydrogen-bond acceptors (Lipinski definition) is 4. The lowest BCUT2D eigenvalue weighted by Crippen LogP contribution is -2.41. The zero-order valence-corrected chi connectivity index (χ0v) is 10.3.